The van der Waals surface area contributed by atoms with Gasteiger partial charge in [-0.05, 0) is 31.4 Å². The minimum Gasteiger partial charge on any atom is -0.380 e. The number of hydrogen-bond acceptors (Lipinski definition) is 3. The highest BCUT2D eigenvalue weighted by Gasteiger charge is 2.24. The molecule has 2 nitrogen and oxygen atoms in total. The maximum absolute atomic E-state index is 5.99. The molecule has 1 atom stereocenters. The van der Waals surface area contributed by atoms with E-state index in [1.807, 2.05) is 6.92 Å². The first-order valence-electron chi connectivity index (χ1n) is 5.40. The highest BCUT2D eigenvalue weighted by Crippen LogP contribution is 2.39. The van der Waals surface area contributed by atoms with E-state index in [4.69, 9.17) is 16.3 Å². The van der Waals surface area contributed by atoms with Crippen LogP contribution < -0.4 is 5.32 Å². The lowest BCUT2D eigenvalue weighted by molar-refractivity contribution is 0.147. The molecule has 0 saturated heterocycles. The highest BCUT2D eigenvalue weighted by atomic mass is 35.5. The zero-order chi connectivity index (χ0) is 10.7. The van der Waals surface area contributed by atoms with Gasteiger partial charge in [0.25, 0.3) is 0 Å². The lowest BCUT2D eigenvalue weighted by Gasteiger charge is -2.12. The number of thiophene rings is 1. The van der Waals surface area contributed by atoms with Crippen LogP contribution >= 0.6 is 22.9 Å². The van der Waals surface area contributed by atoms with Gasteiger partial charge < -0.3 is 10.1 Å². The molecule has 0 fully saturated rings. The van der Waals surface area contributed by atoms with Crippen LogP contribution in [0.4, 0.5) is 0 Å². The van der Waals surface area contributed by atoms with Crippen molar-refractivity contribution in [2.75, 3.05) is 19.8 Å². The van der Waals surface area contributed by atoms with E-state index in [9.17, 15) is 0 Å². The van der Waals surface area contributed by atoms with E-state index >= 15 is 0 Å². The Kier molecular flexibility index (Phi) is 4.03. The lowest BCUT2D eigenvalue weighted by Crippen LogP contribution is -2.23. The van der Waals surface area contributed by atoms with Gasteiger partial charge in [-0.25, -0.2) is 0 Å². The van der Waals surface area contributed by atoms with Crippen LogP contribution in [0, 0.1) is 0 Å². The summed E-state index contributed by atoms with van der Waals surface area (Å²) in [5.41, 5.74) is 1.40. The van der Waals surface area contributed by atoms with Crippen LogP contribution in [0.1, 0.15) is 29.8 Å². The third-order valence-corrected chi connectivity index (χ3v) is 4.03. The molecule has 0 radical (unpaired) electrons. The summed E-state index contributed by atoms with van der Waals surface area (Å²) in [6.45, 7) is 4.53. The quantitative estimate of drug-likeness (QED) is 0.806. The van der Waals surface area contributed by atoms with Crippen molar-refractivity contribution in [2.24, 2.45) is 0 Å². The normalized spacial score (nSPS) is 19.5. The molecule has 1 aromatic rings. The third-order valence-electron chi connectivity index (χ3n) is 2.69. The molecule has 0 aliphatic heterocycles. The van der Waals surface area contributed by atoms with Crippen LogP contribution in [0.5, 0.6) is 0 Å². The molecule has 1 N–H and O–H groups in total. The van der Waals surface area contributed by atoms with E-state index in [-0.39, 0.29) is 0 Å². The molecule has 2 rings (SSSR count). The maximum Gasteiger partial charge on any atom is 0.0934 e. The fourth-order valence-electron chi connectivity index (χ4n) is 1.99. The van der Waals surface area contributed by atoms with E-state index in [2.05, 4.69) is 11.4 Å². The molecular weight excluding hydrogens is 230 g/mol. The standard InChI is InChI=1S/C11H16ClNOS/c1-2-14-6-5-13-9-3-4-10-8(9)7-11(12)15-10/h7,9,13H,2-6H2,1H3. The van der Waals surface area contributed by atoms with Gasteiger partial charge in [0.15, 0.2) is 0 Å². The minimum absolute atomic E-state index is 0.490. The number of fused-ring (bicyclic) bond motifs is 1. The van der Waals surface area contributed by atoms with Gasteiger partial charge in [0, 0.05) is 24.1 Å². The van der Waals surface area contributed by atoms with E-state index in [1.165, 1.54) is 23.3 Å². The van der Waals surface area contributed by atoms with Gasteiger partial charge in [-0.2, -0.15) is 0 Å². The molecule has 0 spiro atoms. The fourth-order valence-corrected chi connectivity index (χ4v) is 3.35. The first-order chi connectivity index (χ1) is 7.31. The van der Waals surface area contributed by atoms with E-state index < -0.39 is 0 Å². The van der Waals surface area contributed by atoms with Crippen LogP contribution in [0.15, 0.2) is 6.07 Å². The number of halogens is 1. The number of hydrogen-bond donors (Lipinski definition) is 1. The number of ether oxygens (including phenoxy) is 1. The van der Waals surface area contributed by atoms with Crippen molar-refractivity contribution in [1.29, 1.82) is 0 Å². The summed E-state index contributed by atoms with van der Waals surface area (Å²) in [6.07, 6.45) is 2.36. The predicted octanol–water partition coefficient (Wildman–Crippen LogP) is 3.01. The average Bonchev–Trinajstić information content (AvgIpc) is 2.73. The van der Waals surface area contributed by atoms with E-state index in [0.717, 1.165) is 24.1 Å². The Labute approximate surface area is 99.6 Å². The van der Waals surface area contributed by atoms with Crippen LogP contribution in [0.25, 0.3) is 0 Å². The van der Waals surface area contributed by atoms with E-state index in [0.29, 0.717) is 6.04 Å². The molecule has 0 aromatic carbocycles. The molecule has 4 heteroatoms. The largest absolute Gasteiger partial charge is 0.380 e. The Balaban J connectivity index is 1.84. The summed E-state index contributed by atoms with van der Waals surface area (Å²) >= 11 is 7.71. The minimum atomic E-state index is 0.490. The Morgan fingerprint density at radius 2 is 2.53 bits per heavy atom. The first kappa shape index (κ1) is 11.4. The second kappa shape index (κ2) is 5.30. The van der Waals surface area contributed by atoms with Crippen molar-refractivity contribution in [3.63, 3.8) is 0 Å². The number of nitrogens with one attached hydrogen (secondary N) is 1. The molecule has 0 amide bonds. The Morgan fingerprint density at radius 3 is 3.33 bits per heavy atom. The SMILES string of the molecule is CCOCCNC1CCc2sc(Cl)cc21. The van der Waals surface area contributed by atoms with Gasteiger partial charge in [-0.15, -0.1) is 11.3 Å². The molecule has 0 saturated carbocycles. The summed E-state index contributed by atoms with van der Waals surface area (Å²) in [4.78, 5) is 1.45. The van der Waals surface area contributed by atoms with Crippen LogP contribution in [0.3, 0.4) is 0 Å². The number of aryl methyl sites for hydroxylation is 1. The molecule has 1 aromatic heterocycles. The van der Waals surface area contributed by atoms with Crippen LogP contribution in [-0.4, -0.2) is 19.8 Å². The fraction of sp³-hybridized carbons (Fsp3) is 0.636. The highest BCUT2D eigenvalue weighted by molar-refractivity contribution is 7.16. The Morgan fingerprint density at radius 1 is 1.67 bits per heavy atom. The van der Waals surface area contributed by atoms with E-state index in [1.54, 1.807) is 11.3 Å². The zero-order valence-electron chi connectivity index (χ0n) is 8.88. The second-order valence-electron chi connectivity index (χ2n) is 3.67. The molecule has 1 heterocycles. The summed E-state index contributed by atoms with van der Waals surface area (Å²) in [5, 5.41) is 3.51. The second-order valence-corrected chi connectivity index (χ2v) is 5.44. The third kappa shape index (κ3) is 2.72. The van der Waals surface area contributed by atoms with Gasteiger partial charge in [0.2, 0.25) is 0 Å². The van der Waals surface area contributed by atoms with Gasteiger partial charge in [-0.1, -0.05) is 11.6 Å². The molecule has 1 unspecified atom stereocenters. The van der Waals surface area contributed by atoms with Crippen LogP contribution in [-0.2, 0) is 11.2 Å². The van der Waals surface area contributed by atoms with Gasteiger partial charge in [0.1, 0.15) is 0 Å². The monoisotopic (exact) mass is 245 g/mol. The van der Waals surface area contributed by atoms with Crippen LogP contribution in [0.2, 0.25) is 4.34 Å². The maximum atomic E-state index is 5.99. The summed E-state index contributed by atoms with van der Waals surface area (Å²) in [6, 6.07) is 2.59. The van der Waals surface area contributed by atoms with Crippen molar-refractivity contribution < 1.29 is 4.74 Å². The topological polar surface area (TPSA) is 21.3 Å². The summed E-state index contributed by atoms with van der Waals surface area (Å²) in [5.74, 6) is 0. The molecule has 1 aliphatic rings. The smallest absolute Gasteiger partial charge is 0.0934 e. The van der Waals surface area contributed by atoms with Crippen molar-refractivity contribution in [2.45, 2.75) is 25.8 Å². The van der Waals surface area contributed by atoms with Crippen molar-refractivity contribution in [3.05, 3.63) is 20.8 Å². The molecule has 15 heavy (non-hydrogen) atoms. The van der Waals surface area contributed by atoms with Crippen molar-refractivity contribution in [3.8, 4) is 0 Å². The molecule has 0 bridgehead atoms. The average molecular weight is 246 g/mol. The Hall–Kier alpha value is -0.0900. The number of rotatable bonds is 5. The summed E-state index contributed by atoms with van der Waals surface area (Å²) < 4.78 is 6.21. The molecule has 84 valence electrons. The Bertz CT molecular complexity index is 326. The van der Waals surface area contributed by atoms with Crippen molar-refractivity contribution in [1.82, 2.24) is 5.32 Å². The van der Waals surface area contributed by atoms with Gasteiger partial charge >= 0.3 is 0 Å². The van der Waals surface area contributed by atoms with Gasteiger partial charge in [0.05, 0.1) is 10.9 Å². The lowest BCUT2D eigenvalue weighted by atomic mass is 10.2. The predicted molar refractivity (Wildman–Crippen MR) is 64.9 cm³/mol. The summed E-state index contributed by atoms with van der Waals surface area (Å²) in [7, 11) is 0. The molecular formula is C11H16ClNOS. The first-order valence-corrected chi connectivity index (χ1v) is 6.60. The molecule has 1 aliphatic carbocycles. The van der Waals surface area contributed by atoms with Gasteiger partial charge in [-0.3, -0.25) is 0 Å². The zero-order valence-corrected chi connectivity index (χ0v) is 10.5. The van der Waals surface area contributed by atoms with Crippen molar-refractivity contribution >= 4 is 22.9 Å².